The minimum atomic E-state index is -0.467. The lowest BCUT2D eigenvalue weighted by Crippen LogP contribution is -2.42. The van der Waals surface area contributed by atoms with E-state index in [0.717, 1.165) is 30.9 Å². The molecule has 1 fully saturated rings. The lowest BCUT2D eigenvalue weighted by molar-refractivity contribution is -0.384. The number of carbonyl (C=O) groups is 1. The van der Waals surface area contributed by atoms with Gasteiger partial charge >= 0.3 is 0 Å². The van der Waals surface area contributed by atoms with Crippen molar-refractivity contribution in [3.8, 4) is 5.88 Å². The van der Waals surface area contributed by atoms with E-state index >= 15 is 0 Å². The molecule has 1 aliphatic rings. The van der Waals surface area contributed by atoms with Gasteiger partial charge in [-0.3, -0.25) is 19.8 Å². The number of nitro groups is 1. The normalized spacial score (nSPS) is 14.4. The number of morpholine rings is 1. The molecular weight excluding hydrogens is 498 g/mol. The molecule has 1 amide bonds. The smallest absolute Gasteiger partial charge is 0.270 e. The first-order valence-electron chi connectivity index (χ1n) is 12.7. The highest BCUT2D eigenvalue weighted by molar-refractivity contribution is 6.22. The summed E-state index contributed by atoms with van der Waals surface area (Å²) in [7, 11) is 0. The number of hydrogen-bond acceptors (Lipinski definition) is 7. The molecule has 0 radical (unpaired) electrons. The highest BCUT2D eigenvalue weighted by atomic mass is 16.6. The topological polar surface area (TPSA) is 124 Å². The molecule has 1 saturated heterocycles. The Morgan fingerprint density at radius 3 is 2.49 bits per heavy atom. The molecule has 1 aromatic heterocycles. The summed E-state index contributed by atoms with van der Waals surface area (Å²) < 4.78 is 5.41. The molecule has 0 spiro atoms. The quantitative estimate of drug-likeness (QED) is 0.196. The van der Waals surface area contributed by atoms with E-state index in [1.54, 1.807) is 17.9 Å². The molecule has 10 nitrogen and oxygen atoms in total. The summed E-state index contributed by atoms with van der Waals surface area (Å²) in [4.78, 5) is 35.2. The molecule has 4 aromatic rings. The Kier molecular flexibility index (Phi) is 7.67. The van der Waals surface area contributed by atoms with Crippen LogP contribution >= 0.6 is 0 Å². The van der Waals surface area contributed by atoms with Crippen LogP contribution < -0.4 is 4.90 Å². The van der Waals surface area contributed by atoms with E-state index in [-0.39, 0.29) is 17.5 Å². The molecule has 3 aromatic carbocycles. The van der Waals surface area contributed by atoms with Crippen LogP contribution in [-0.2, 0) is 9.53 Å². The number of nitro benzene ring substituents is 1. The second kappa shape index (κ2) is 11.5. The summed E-state index contributed by atoms with van der Waals surface area (Å²) in [6.07, 6.45) is 0. The average Bonchev–Trinajstić information content (AvgIpc) is 3.28. The minimum absolute atomic E-state index is 0.0465. The maximum atomic E-state index is 12.4. The van der Waals surface area contributed by atoms with Crippen molar-refractivity contribution in [1.29, 1.82) is 0 Å². The Balaban J connectivity index is 1.50. The van der Waals surface area contributed by atoms with Crippen LogP contribution in [0.2, 0.25) is 0 Å². The Bertz CT molecular complexity index is 1510. The summed E-state index contributed by atoms with van der Waals surface area (Å²) in [5.41, 5.74) is 3.42. The van der Waals surface area contributed by atoms with Crippen LogP contribution in [0, 0.1) is 10.1 Å². The Hall–Kier alpha value is -4.54. The summed E-state index contributed by atoms with van der Waals surface area (Å²) in [6, 6.07) is 21.1. The fourth-order valence-corrected chi connectivity index (χ4v) is 4.75. The standard InChI is InChI=1S/C29H29N5O5/c1-20(35)33(14-13-32-15-17-39-18-16-32)23-9-7-22(8-10-23)30-28(21-5-3-2-4-6-21)27-25-19-24(34(37)38)11-12-26(25)31-29(27)36/h2-12,19,31,36H,13-18H2,1H3. The van der Waals surface area contributed by atoms with Gasteiger partial charge in [0.15, 0.2) is 5.88 Å². The minimum Gasteiger partial charge on any atom is -0.494 e. The third-order valence-electron chi connectivity index (χ3n) is 6.78. The van der Waals surface area contributed by atoms with Crippen LogP contribution in [0.15, 0.2) is 77.8 Å². The van der Waals surface area contributed by atoms with E-state index in [0.29, 0.717) is 47.6 Å². The highest BCUT2D eigenvalue weighted by Gasteiger charge is 2.21. The predicted molar refractivity (Wildman–Crippen MR) is 150 cm³/mol. The maximum Gasteiger partial charge on any atom is 0.270 e. The number of fused-ring (bicyclic) bond motifs is 1. The number of nitrogens with zero attached hydrogens (tertiary/aromatic N) is 4. The van der Waals surface area contributed by atoms with Crippen LogP contribution in [0.3, 0.4) is 0 Å². The fraction of sp³-hybridized carbons (Fsp3) is 0.241. The Morgan fingerprint density at radius 1 is 1.10 bits per heavy atom. The number of aromatic hydroxyl groups is 1. The first-order valence-corrected chi connectivity index (χ1v) is 12.7. The molecule has 200 valence electrons. The van der Waals surface area contributed by atoms with Gasteiger partial charge in [0, 0.05) is 67.4 Å². The number of H-pyrrole nitrogens is 1. The van der Waals surface area contributed by atoms with Crippen molar-refractivity contribution in [2.24, 2.45) is 4.99 Å². The lowest BCUT2D eigenvalue weighted by atomic mass is 10.0. The molecule has 39 heavy (non-hydrogen) atoms. The number of carbonyl (C=O) groups excluding carboxylic acids is 1. The van der Waals surface area contributed by atoms with Gasteiger partial charge in [-0.1, -0.05) is 30.3 Å². The van der Waals surface area contributed by atoms with E-state index < -0.39 is 4.92 Å². The Labute approximate surface area is 225 Å². The number of ether oxygens (including phenoxy) is 1. The van der Waals surface area contributed by atoms with Crippen molar-refractivity contribution >= 4 is 39.6 Å². The summed E-state index contributed by atoms with van der Waals surface area (Å²) in [5.74, 6) is -0.176. The molecule has 2 N–H and O–H groups in total. The molecule has 10 heteroatoms. The number of aromatic nitrogens is 1. The zero-order valence-electron chi connectivity index (χ0n) is 21.5. The number of amides is 1. The van der Waals surface area contributed by atoms with Gasteiger partial charge in [0.1, 0.15) is 0 Å². The van der Waals surface area contributed by atoms with Gasteiger partial charge in [-0.05, 0) is 30.3 Å². The number of nitrogens with one attached hydrogen (secondary N) is 1. The molecule has 0 bridgehead atoms. The number of aromatic amines is 1. The molecule has 0 unspecified atom stereocenters. The summed E-state index contributed by atoms with van der Waals surface area (Å²) in [6.45, 7) is 5.99. The van der Waals surface area contributed by atoms with Crippen LogP contribution in [0.25, 0.3) is 10.9 Å². The fourth-order valence-electron chi connectivity index (χ4n) is 4.75. The van der Waals surface area contributed by atoms with Crippen molar-refractivity contribution in [3.63, 3.8) is 0 Å². The predicted octanol–water partition coefficient (Wildman–Crippen LogP) is 4.64. The molecule has 2 heterocycles. The van der Waals surface area contributed by atoms with E-state index in [2.05, 4.69) is 9.88 Å². The van der Waals surface area contributed by atoms with Gasteiger partial charge in [-0.2, -0.15) is 0 Å². The molecule has 0 atom stereocenters. The van der Waals surface area contributed by atoms with Crippen LogP contribution in [0.1, 0.15) is 18.1 Å². The highest BCUT2D eigenvalue weighted by Crippen LogP contribution is 2.34. The Morgan fingerprint density at radius 2 is 1.82 bits per heavy atom. The number of non-ortho nitro benzene ring substituents is 1. The first-order chi connectivity index (χ1) is 18.9. The van der Waals surface area contributed by atoms with Gasteiger partial charge in [0.05, 0.1) is 35.1 Å². The van der Waals surface area contributed by atoms with E-state index in [9.17, 15) is 20.0 Å². The van der Waals surface area contributed by atoms with Gasteiger partial charge in [-0.15, -0.1) is 0 Å². The molecule has 5 rings (SSSR count). The summed E-state index contributed by atoms with van der Waals surface area (Å²) >= 11 is 0. The number of aliphatic imine (C=N–C) groups is 1. The molecule has 1 aliphatic heterocycles. The van der Waals surface area contributed by atoms with Crippen molar-refractivity contribution in [1.82, 2.24) is 9.88 Å². The zero-order valence-corrected chi connectivity index (χ0v) is 21.5. The number of anilines is 1. The van der Waals surface area contributed by atoms with E-state index in [1.807, 2.05) is 54.6 Å². The molecule has 0 saturated carbocycles. The number of benzene rings is 3. The van der Waals surface area contributed by atoms with Crippen LogP contribution in [-0.4, -0.2) is 70.9 Å². The van der Waals surface area contributed by atoms with Crippen molar-refractivity contribution in [2.75, 3.05) is 44.3 Å². The monoisotopic (exact) mass is 527 g/mol. The van der Waals surface area contributed by atoms with Gasteiger partial charge in [-0.25, -0.2) is 4.99 Å². The van der Waals surface area contributed by atoms with Crippen molar-refractivity contribution in [3.05, 3.63) is 94.0 Å². The number of rotatable bonds is 8. The van der Waals surface area contributed by atoms with E-state index in [1.165, 1.54) is 12.1 Å². The molecule has 0 aliphatic carbocycles. The third kappa shape index (κ3) is 5.82. The lowest BCUT2D eigenvalue weighted by Gasteiger charge is -2.29. The number of hydrogen-bond donors (Lipinski definition) is 2. The summed E-state index contributed by atoms with van der Waals surface area (Å²) in [5, 5.41) is 22.8. The van der Waals surface area contributed by atoms with Crippen molar-refractivity contribution in [2.45, 2.75) is 6.92 Å². The second-order valence-corrected chi connectivity index (χ2v) is 9.30. The van der Waals surface area contributed by atoms with Crippen LogP contribution in [0.4, 0.5) is 17.1 Å². The van der Waals surface area contributed by atoms with Gasteiger partial charge in [0.2, 0.25) is 5.91 Å². The average molecular weight is 528 g/mol. The largest absolute Gasteiger partial charge is 0.494 e. The molecular formula is C29H29N5O5. The van der Waals surface area contributed by atoms with Crippen molar-refractivity contribution < 1.29 is 19.6 Å². The van der Waals surface area contributed by atoms with Gasteiger partial charge < -0.3 is 19.7 Å². The van der Waals surface area contributed by atoms with Gasteiger partial charge in [0.25, 0.3) is 5.69 Å². The third-order valence-corrected chi connectivity index (χ3v) is 6.78. The second-order valence-electron chi connectivity index (χ2n) is 9.30. The first kappa shape index (κ1) is 26.1. The van der Waals surface area contributed by atoms with Crippen LogP contribution in [0.5, 0.6) is 5.88 Å². The van der Waals surface area contributed by atoms with E-state index in [4.69, 9.17) is 9.73 Å². The zero-order chi connectivity index (χ0) is 27.4. The SMILES string of the molecule is CC(=O)N(CCN1CCOCC1)c1ccc(N=C(c2ccccc2)c2c(O)[nH]c3ccc([N+](=O)[O-])cc23)cc1. The maximum absolute atomic E-state index is 12.4.